The number of hydrogen-bond donors (Lipinski definition) is 0. The minimum Gasteiger partial charge on any atom is -0.509 e. The van der Waals surface area contributed by atoms with Gasteiger partial charge in [0.25, 0.3) is 11.4 Å². The van der Waals surface area contributed by atoms with Crippen LogP contribution in [0.2, 0.25) is 0 Å². The van der Waals surface area contributed by atoms with Gasteiger partial charge in [-0.1, -0.05) is 236 Å². The summed E-state index contributed by atoms with van der Waals surface area (Å²) in [4.78, 5) is 4.91. The van der Waals surface area contributed by atoms with Crippen molar-refractivity contribution in [3.63, 3.8) is 0 Å². The molecule has 0 saturated carbocycles. The van der Waals surface area contributed by atoms with Crippen LogP contribution in [0.25, 0.3) is 61.0 Å². The van der Waals surface area contributed by atoms with Crippen LogP contribution in [0.3, 0.4) is 0 Å². The van der Waals surface area contributed by atoms with Crippen LogP contribution in [-0.4, -0.2) is 15.6 Å². The van der Waals surface area contributed by atoms with Gasteiger partial charge in [0, 0.05) is 35.3 Å². The van der Waals surface area contributed by atoms with E-state index >= 15 is 0 Å². The average Bonchev–Trinajstić information content (AvgIpc) is 1.62. The number of aromatic nitrogens is 2. The molecule has 12 aromatic rings. The van der Waals surface area contributed by atoms with Crippen molar-refractivity contribution in [1.29, 1.82) is 0 Å². The summed E-state index contributed by atoms with van der Waals surface area (Å²) in [6, 6.07) is 95.3. The number of ether oxygens (including phenoxy) is 1. The van der Waals surface area contributed by atoms with E-state index < -0.39 is 5.41 Å². The zero-order valence-electron chi connectivity index (χ0n) is 49.5. The largest absolute Gasteiger partial charge is 2.00 e. The molecule has 0 bridgehead atoms. The van der Waals surface area contributed by atoms with E-state index in [2.05, 4.69) is 306 Å². The molecule has 2 aromatic heterocycles. The summed E-state index contributed by atoms with van der Waals surface area (Å²) in [6.45, 7) is 20.6. The maximum absolute atomic E-state index is 6.81. The van der Waals surface area contributed by atoms with Crippen LogP contribution in [0.15, 0.2) is 237 Å². The maximum atomic E-state index is 6.81. The van der Waals surface area contributed by atoms with Crippen molar-refractivity contribution in [1.82, 2.24) is 18.7 Å². The van der Waals surface area contributed by atoms with Crippen molar-refractivity contribution in [2.45, 2.75) is 84.0 Å². The number of nitrogens with zero attached hydrogens (tertiary/aromatic N) is 4. The molecule has 0 amide bonds. The van der Waals surface area contributed by atoms with Gasteiger partial charge in [0.1, 0.15) is 11.5 Å². The van der Waals surface area contributed by atoms with Gasteiger partial charge in [0.05, 0.1) is 16.5 Å². The Kier molecular flexibility index (Phi) is 13.6. The van der Waals surface area contributed by atoms with Crippen LogP contribution in [0.1, 0.15) is 101 Å². The Balaban J connectivity index is 0.00000672. The molecule has 2 aliphatic rings. The zero-order valence-corrected chi connectivity index (χ0v) is 51.8. The quantitative estimate of drug-likeness (QED) is 0.107. The number of para-hydroxylation sites is 4. The first-order chi connectivity index (χ1) is 40.5. The number of pyridine rings is 1. The summed E-state index contributed by atoms with van der Waals surface area (Å²) in [5, 5.41) is 2.21. The van der Waals surface area contributed by atoms with E-state index in [-0.39, 0.29) is 37.3 Å². The summed E-state index contributed by atoms with van der Waals surface area (Å²) in [5.74, 6) is 1.98. The van der Waals surface area contributed by atoms with Gasteiger partial charge >= 0.3 is 27.1 Å². The summed E-state index contributed by atoms with van der Waals surface area (Å²) in [6.07, 6.45) is 1.91. The molecule has 0 saturated heterocycles. The number of rotatable bonds is 9. The van der Waals surface area contributed by atoms with Gasteiger partial charge in [-0.15, -0.1) is 23.6 Å². The van der Waals surface area contributed by atoms with Crippen LogP contribution < -0.4 is 13.9 Å². The number of benzene rings is 10. The van der Waals surface area contributed by atoms with E-state index in [4.69, 9.17) is 9.72 Å². The molecule has 0 spiro atoms. The molecule has 1 aliphatic heterocycles. The SMILES string of the molecule is CC(C)(C)c1cc(-c2cccc(-c3cccc(C4(c5ccccc5)c5ccccc5-c5ccccc54)c3)c2[N+]2=C=[N+](c3[c-]c(Oc4[c-]c5c(cc4)c4ccccc4n5-c4cc(C(C)(C)C)ccn4)ccc3)c3ccccc32)cc(C(C)(C)C)c1.[Pt+2]. The molecule has 0 radical (unpaired) electrons. The first-order valence-electron chi connectivity index (χ1n) is 29.3. The zero-order chi connectivity index (χ0) is 57.7. The average molecular weight is 1280 g/mol. The van der Waals surface area contributed by atoms with Crippen molar-refractivity contribution in [2.24, 2.45) is 0 Å². The van der Waals surface area contributed by atoms with Crippen molar-refractivity contribution in [3.05, 3.63) is 288 Å². The Morgan fingerprint density at radius 2 is 1.01 bits per heavy atom. The minimum absolute atomic E-state index is 0. The minimum atomic E-state index is -0.569. The molecule has 14 rings (SSSR count). The van der Waals surface area contributed by atoms with Crippen LogP contribution in [-0.2, 0) is 42.7 Å². The first kappa shape index (κ1) is 55.2. The Bertz CT molecular complexity index is 4610. The molecular weight excluding hydrogens is 1220 g/mol. The van der Waals surface area contributed by atoms with E-state index in [0.717, 1.165) is 72.6 Å². The van der Waals surface area contributed by atoms with Gasteiger partial charge in [0.15, 0.2) is 0 Å². The Hall–Kier alpha value is -8.98. The molecule has 6 heteroatoms. The fraction of sp³-hybridized carbons (Fsp3) is 0.165. The van der Waals surface area contributed by atoms with E-state index in [0.29, 0.717) is 11.5 Å². The first-order valence-corrected chi connectivity index (χ1v) is 29.3. The second kappa shape index (κ2) is 21.0. The van der Waals surface area contributed by atoms with Crippen molar-refractivity contribution >= 4 is 50.6 Å². The summed E-state index contributed by atoms with van der Waals surface area (Å²) in [7, 11) is 0. The van der Waals surface area contributed by atoms with Crippen LogP contribution >= 0.6 is 0 Å². The summed E-state index contributed by atoms with van der Waals surface area (Å²) in [5.41, 5.74) is 20.7. The normalized spacial score (nSPS) is 13.4. The molecular formula is C79H66N4OPt+2. The van der Waals surface area contributed by atoms with E-state index in [1.165, 1.54) is 50.1 Å². The second-order valence-electron chi connectivity index (χ2n) is 25.6. The Morgan fingerprint density at radius 3 is 1.71 bits per heavy atom. The van der Waals surface area contributed by atoms with Gasteiger partial charge in [0.2, 0.25) is 5.69 Å². The fourth-order valence-corrected chi connectivity index (χ4v) is 12.9. The van der Waals surface area contributed by atoms with E-state index in [1.54, 1.807) is 0 Å². The molecule has 416 valence electrons. The topological polar surface area (TPSA) is 33.1 Å². The maximum Gasteiger partial charge on any atom is 2.00 e. The monoisotopic (exact) mass is 1280 g/mol. The summed E-state index contributed by atoms with van der Waals surface area (Å²) < 4.78 is 13.4. The van der Waals surface area contributed by atoms with Gasteiger partial charge in [-0.2, -0.15) is 12.1 Å². The molecule has 85 heavy (non-hydrogen) atoms. The number of hydrogen-bond acceptors (Lipinski definition) is 2. The third kappa shape index (κ3) is 9.42. The van der Waals surface area contributed by atoms with Crippen LogP contribution in [0, 0.1) is 12.1 Å². The predicted molar refractivity (Wildman–Crippen MR) is 348 cm³/mol. The van der Waals surface area contributed by atoms with Crippen molar-refractivity contribution in [2.75, 3.05) is 0 Å². The molecule has 5 nitrogen and oxygen atoms in total. The number of fused-ring (bicyclic) bond motifs is 7. The standard InChI is InChI=1S/C79H66N4O.Pt/c1-76(2,3)55-42-43-80-74(48-55)83-70-37-18-15-32-66(70)67-41-40-61(50-73(67)83)84-60-29-22-28-59(49-60)81-51-82(72-39-20-19-38-71(72)81)75-62(33-23-34-63(75)53-45-57(77(4,5)6)47-58(46-53)78(7,8)9)52-24-21-27-56(44-52)79(54-25-11-10-12-26-54)68-35-16-13-30-64(68)65-31-14-17-36-69(65)79;/h10-48H,1-9H3;/q;+2. The smallest absolute Gasteiger partial charge is 0.509 e. The molecule has 0 atom stereocenters. The van der Waals surface area contributed by atoms with Crippen LogP contribution in [0.4, 0.5) is 22.7 Å². The summed E-state index contributed by atoms with van der Waals surface area (Å²) >= 11 is 0. The van der Waals surface area contributed by atoms with Gasteiger partial charge in [-0.3, -0.25) is 0 Å². The molecule has 10 aromatic carbocycles. The van der Waals surface area contributed by atoms with Crippen LogP contribution in [0.5, 0.6) is 11.5 Å². The second-order valence-corrected chi connectivity index (χ2v) is 25.6. The van der Waals surface area contributed by atoms with E-state index in [1.807, 2.05) is 24.4 Å². The van der Waals surface area contributed by atoms with Gasteiger partial charge < -0.3 is 9.30 Å². The van der Waals surface area contributed by atoms with Crippen molar-refractivity contribution < 1.29 is 25.8 Å². The Morgan fingerprint density at radius 1 is 0.447 bits per heavy atom. The van der Waals surface area contributed by atoms with Gasteiger partial charge in [-0.05, 0) is 124 Å². The third-order valence-electron chi connectivity index (χ3n) is 17.2. The molecule has 0 N–H and O–H groups in total. The predicted octanol–water partition coefficient (Wildman–Crippen LogP) is 20.0. The molecule has 0 fully saturated rings. The fourth-order valence-electron chi connectivity index (χ4n) is 12.9. The molecule has 1 aliphatic carbocycles. The van der Waals surface area contributed by atoms with Gasteiger partial charge in [-0.25, -0.2) is 4.98 Å². The molecule has 3 heterocycles. The Labute approximate surface area is 514 Å². The molecule has 0 unspecified atom stereocenters. The van der Waals surface area contributed by atoms with Crippen molar-refractivity contribution in [3.8, 4) is 50.7 Å². The van der Waals surface area contributed by atoms with E-state index in [9.17, 15) is 0 Å². The third-order valence-corrected chi connectivity index (χ3v) is 17.2.